The molecule has 1 fully saturated rings. The second-order valence-corrected chi connectivity index (χ2v) is 6.52. The monoisotopic (exact) mass is 290 g/mol. The SMILES string of the molecule is CCNCc1nc(C(C)C)ncc1N1CCCC(C)CC1. The number of hydrogen-bond donors (Lipinski definition) is 1. The number of anilines is 1. The van der Waals surface area contributed by atoms with Gasteiger partial charge in [-0.1, -0.05) is 27.7 Å². The van der Waals surface area contributed by atoms with Gasteiger partial charge in [-0.05, 0) is 31.7 Å². The van der Waals surface area contributed by atoms with Crippen molar-refractivity contribution < 1.29 is 0 Å². The van der Waals surface area contributed by atoms with Gasteiger partial charge < -0.3 is 10.2 Å². The van der Waals surface area contributed by atoms with E-state index < -0.39 is 0 Å². The lowest BCUT2D eigenvalue weighted by molar-refractivity contribution is 0.521. The van der Waals surface area contributed by atoms with Crippen LogP contribution < -0.4 is 10.2 Å². The summed E-state index contributed by atoms with van der Waals surface area (Å²) in [7, 11) is 0. The molecule has 0 bridgehead atoms. The highest BCUT2D eigenvalue weighted by Gasteiger charge is 2.18. The first-order chi connectivity index (χ1) is 10.1. The summed E-state index contributed by atoms with van der Waals surface area (Å²) in [6, 6.07) is 0. The maximum Gasteiger partial charge on any atom is 0.131 e. The van der Waals surface area contributed by atoms with Crippen molar-refractivity contribution in [1.29, 1.82) is 0 Å². The summed E-state index contributed by atoms with van der Waals surface area (Å²) >= 11 is 0. The molecule has 118 valence electrons. The summed E-state index contributed by atoms with van der Waals surface area (Å²) in [6.45, 7) is 12.9. The van der Waals surface area contributed by atoms with E-state index in [2.05, 4.69) is 42.9 Å². The van der Waals surface area contributed by atoms with Gasteiger partial charge in [0.2, 0.25) is 0 Å². The van der Waals surface area contributed by atoms with Crippen LogP contribution >= 0.6 is 0 Å². The Bertz CT molecular complexity index is 444. The highest BCUT2D eigenvalue weighted by atomic mass is 15.2. The van der Waals surface area contributed by atoms with E-state index in [1.807, 2.05) is 6.20 Å². The zero-order valence-corrected chi connectivity index (χ0v) is 14.0. The highest BCUT2D eigenvalue weighted by molar-refractivity contribution is 5.49. The summed E-state index contributed by atoms with van der Waals surface area (Å²) in [5.41, 5.74) is 2.39. The molecular weight excluding hydrogens is 260 g/mol. The Balaban J connectivity index is 2.23. The zero-order chi connectivity index (χ0) is 15.2. The van der Waals surface area contributed by atoms with E-state index in [1.54, 1.807) is 0 Å². The predicted octanol–water partition coefficient (Wildman–Crippen LogP) is 3.34. The lowest BCUT2D eigenvalue weighted by Gasteiger charge is -2.25. The van der Waals surface area contributed by atoms with E-state index in [4.69, 9.17) is 4.98 Å². The van der Waals surface area contributed by atoms with Gasteiger partial charge in [0, 0.05) is 25.6 Å². The average molecular weight is 290 g/mol. The Morgan fingerprint density at radius 3 is 2.86 bits per heavy atom. The molecule has 1 aromatic rings. The van der Waals surface area contributed by atoms with Gasteiger partial charge in [0.1, 0.15) is 5.82 Å². The molecule has 1 N–H and O–H groups in total. The van der Waals surface area contributed by atoms with Crippen molar-refractivity contribution in [2.24, 2.45) is 5.92 Å². The van der Waals surface area contributed by atoms with Crippen LogP contribution in [0.5, 0.6) is 0 Å². The molecular formula is C17H30N4. The van der Waals surface area contributed by atoms with Crippen LogP contribution in [0.1, 0.15) is 64.4 Å². The zero-order valence-electron chi connectivity index (χ0n) is 14.0. The van der Waals surface area contributed by atoms with Crippen LogP contribution in [-0.4, -0.2) is 29.6 Å². The maximum atomic E-state index is 4.82. The molecule has 1 saturated heterocycles. The van der Waals surface area contributed by atoms with Gasteiger partial charge in [0.25, 0.3) is 0 Å². The minimum Gasteiger partial charge on any atom is -0.369 e. The van der Waals surface area contributed by atoms with Crippen molar-refractivity contribution >= 4 is 5.69 Å². The Labute approximate surface area is 129 Å². The van der Waals surface area contributed by atoms with E-state index in [1.165, 1.54) is 24.9 Å². The summed E-state index contributed by atoms with van der Waals surface area (Å²) < 4.78 is 0. The third-order valence-electron chi connectivity index (χ3n) is 4.28. The minimum absolute atomic E-state index is 0.378. The summed E-state index contributed by atoms with van der Waals surface area (Å²) in [5, 5.41) is 3.42. The molecule has 2 heterocycles. The van der Waals surface area contributed by atoms with Crippen molar-refractivity contribution in [1.82, 2.24) is 15.3 Å². The number of hydrogen-bond acceptors (Lipinski definition) is 4. The smallest absolute Gasteiger partial charge is 0.131 e. The van der Waals surface area contributed by atoms with E-state index in [0.717, 1.165) is 43.6 Å². The molecule has 0 spiro atoms. The normalized spacial score (nSPS) is 19.9. The van der Waals surface area contributed by atoms with Gasteiger partial charge in [0.05, 0.1) is 17.6 Å². The predicted molar refractivity (Wildman–Crippen MR) is 88.7 cm³/mol. The quantitative estimate of drug-likeness (QED) is 0.903. The van der Waals surface area contributed by atoms with Crippen LogP contribution in [-0.2, 0) is 6.54 Å². The van der Waals surface area contributed by atoms with Crippen molar-refractivity contribution in [3.63, 3.8) is 0 Å². The minimum atomic E-state index is 0.378. The van der Waals surface area contributed by atoms with E-state index >= 15 is 0 Å². The molecule has 2 rings (SSSR count). The molecule has 0 amide bonds. The molecule has 0 saturated carbocycles. The summed E-state index contributed by atoms with van der Waals surface area (Å²) in [4.78, 5) is 11.9. The van der Waals surface area contributed by atoms with E-state index in [-0.39, 0.29) is 0 Å². The fraction of sp³-hybridized carbons (Fsp3) is 0.765. The van der Waals surface area contributed by atoms with Crippen LogP contribution in [0.3, 0.4) is 0 Å². The molecule has 0 aromatic carbocycles. The summed E-state index contributed by atoms with van der Waals surface area (Å²) in [6.07, 6.45) is 5.93. The Morgan fingerprint density at radius 2 is 2.14 bits per heavy atom. The van der Waals surface area contributed by atoms with Gasteiger partial charge in [0.15, 0.2) is 0 Å². The van der Waals surface area contributed by atoms with Crippen molar-refractivity contribution in [3.05, 3.63) is 17.7 Å². The third-order valence-corrected chi connectivity index (χ3v) is 4.28. The summed E-state index contributed by atoms with van der Waals surface area (Å²) in [5.74, 6) is 2.17. The number of rotatable bonds is 5. The molecule has 4 nitrogen and oxygen atoms in total. The number of nitrogens with zero attached hydrogens (tertiary/aromatic N) is 3. The van der Waals surface area contributed by atoms with Crippen LogP contribution in [0, 0.1) is 5.92 Å². The fourth-order valence-corrected chi connectivity index (χ4v) is 2.85. The molecule has 0 radical (unpaired) electrons. The number of aromatic nitrogens is 2. The molecule has 1 aromatic heterocycles. The van der Waals surface area contributed by atoms with E-state index in [0.29, 0.717) is 5.92 Å². The number of nitrogens with one attached hydrogen (secondary N) is 1. The van der Waals surface area contributed by atoms with E-state index in [9.17, 15) is 0 Å². The highest BCUT2D eigenvalue weighted by Crippen LogP contribution is 2.25. The Hall–Kier alpha value is -1.16. The van der Waals surface area contributed by atoms with Gasteiger partial charge >= 0.3 is 0 Å². The van der Waals surface area contributed by atoms with Crippen molar-refractivity contribution in [2.75, 3.05) is 24.5 Å². The average Bonchev–Trinajstić information content (AvgIpc) is 2.69. The van der Waals surface area contributed by atoms with Gasteiger partial charge in [-0.2, -0.15) is 0 Å². The molecule has 1 unspecified atom stereocenters. The molecule has 1 atom stereocenters. The van der Waals surface area contributed by atoms with Crippen LogP contribution in [0.25, 0.3) is 0 Å². The topological polar surface area (TPSA) is 41.1 Å². The second-order valence-electron chi connectivity index (χ2n) is 6.52. The first-order valence-corrected chi connectivity index (χ1v) is 8.43. The molecule has 4 heteroatoms. The van der Waals surface area contributed by atoms with Gasteiger partial charge in [-0.3, -0.25) is 0 Å². The van der Waals surface area contributed by atoms with Crippen LogP contribution in [0.15, 0.2) is 6.20 Å². The molecule has 1 aliphatic heterocycles. The van der Waals surface area contributed by atoms with Crippen molar-refractivity contribution in [2.45, 2.75) is 59.4 Å². The van der Waals surface area contributed by atoms with Gasteiger partial charge in [-0.15, -0.1) is 0 Å². The lowest BCUT2D eigenvalue weighted by Crippen LogP contribution is -2.27. The second kappa shape index (κ2) is 7.74. The van der Waals surface area contributed by atoms with Crippen LogP contribution in [0.4, 0.5) is 5.69 Å². The Morgan fingerprint density at radius 1 is 1.33 bits per heavy atom. The fourth-order valence-electron chi connectivity index (χ4n) is 2.85. The standard InChI is InChI=1S/C17H30N4/c1-5-18-11-15-16(12-19-17(20-15)13(2)3)21-9-6-7-14(4)8-10-21/h12-14,18H,5-11H2,1-4H3. The Kier molecular flexibility index (Phi) is 5.97. The first-order valence-electron chi connectivity index (χ1n) is 8.43. The lowest BCUT2D eigenvalue weighted by atomic mass is 10.0. The molecule has 0 aliphatic carbocycles. The molecule has 1 aliphatic rings. The van der Waals surface area contributed by atoms with Crippen molar-refractivity contribution in [3.8, 4) is 0 Å². The maximum absolute atomic E-state index is 4.82. The van der Waals surface area contributed by atoms with Crippen LogP contribution in [0.2, 0.25) is 0 Å². The third kappa shape index (κ3) is 4.40. The van der Waals surface area contributed by atoms with Gasteiger partial charge in [-0.25, -0.2) is 9.97 Å². The first kappa shape index (κ1) is 16.2. The largest absolute Gasteiger partial charge is 0.369 e. The molecule has 21 heavy (non-hydrogen) atoms.